The van der Waals surface area contributed by atoms with E-state index < -0.39 is 0 Å². The van der Waals surface area contributed by atoms with Crippen LogP contribution in [0, 0.1) is 11.8 Å². The van der Waals surface area contributed by atoms with E-state index in [0.717, 1.165) is 28.3 Å². The zero-order valence-corrected chi connectivity index (χ0v) is 13.6. The molecule has 0 heterocycles. The van der Waals surface area contributed by atoms with Crippen LogP contribution in [0.4, 0.5) is 0 Å². The Kier molecular flexibility index (Phi) is 5.76. The van der Waals surface area contributed by atoms with E-state index >= 15 is 0 Å². The number of carbonyl (C=O) groups is 1. The van der Waals surface area contributed by atoms with E-state index in [1.165, 1.54) is 19.3 Å². The highest BCUT2D eigenvalue weighted by atomic mass is 79.9. The molecule has 0 bridgehead atoms. The third kappa shape index (κ3) is 3.76. The molecular weight excluding hydrogens is 322 g/mol. The molecule has 1 amide bonds. The molecule has 1 saturated carbocycles. The Morgan fingerprint density at radius 3 is 2.84 bits per heavy atom. The molecule has 19 heavy (non-hydrogen) atoms. The lowest BCUT2D eigenvalue weighted by Gasteiger charge is -2.18. The summed E-state index contributed by atoms with van der Waals surface area (Å²) in [5.74, 6) is 1.41. The van der Waals surface area contributed by atoms with Crippen molar-refractivity contribution in [3.8, 4) is 0 Å². The van der Waals surface area contributed by atoms with Gasteiger partial charge in [0.25, 0.3) is 5.91 Å². The molecule has 1 aromatic rings. The van der Waals surface area contributed by atoms with Crippen LogP contribution in [0.5, 0.6) is 0 Å². The molecule has 1 N–H and O–H groups in total. The highest BCUT2D eigenvalue weighted by molar-refractivity contribution is 9.09. The molecule has 2 unspecified atom stereocenters. The van der Waals surface area contributed by atoms with Gasteiger partial charge in [0.1, 0.15) is 0 Å². The zero-order valence-electron chi connectivity index (χ0n) is 11.2. The maximum absolute atomic E-state index is 12.2. The van der Waals surface area contributed by atoms with E-state index in [1.807, 2.05) is 30.5 Å². The minimum atomic E-state index is 0.0603. The van der Waals surface area contributed by atoms with Gasteiger partial charge in [-0.15, -0.1) is 11.8 Å². The van der Waals surface area contributed by atoms with Gasteiger partial charge < -0.3 is 5.32 Å². The van der Waals surface area contributed by atoms with Crippen molar-refractivity contribution in [3.05, 3.63) is 29.8 Å². The van der Waals surface area contributed by atoms with Crippen molar-refractivity contribution in [3.63, 3.8) is 0 Å². The van der Waals surface area contributed by atoms with Gasteiger partial charge >= 0.3 is 0 Å². The van der Waals surface area contributed by atoms with Crippen molar-refractivity contribution in [2.45, 2.75) is 24.2 Å². The van der Waals surface area contributed by atoms with Crippen molar-refractivity contribution in [1.82, 2.24) is 5.32 Å². The molecule has 104 valence electrons. The van der Waals surface area contributed by atoms with Crippen molar-refractivity contribution >= 4 is 33.6 Å². The predicted molar refractivity (Wildman–Crippen MR) is 85.2 cm³/mol. The van der Waals surface area contributed by atoms with Crippen molar-refractivity contribution in [2.75, 3.05) is 18.1 Å². The number of halogens is 1. The lowest BCUT2D eigenvalue weighted by Crippen LogP contribution is -2.31. The fraction of sp³-hybridized carbons (Fsp3) is 0.533. The van der Waals surface area contributed by atoms with Crippen LogP contribution in [-0.2, 0) is 0 Å². The standard InChI is InChI=1S/C15H20BrNOS/c1-19-14-8-3-2-7-13(14)15(18)17-10-12-6-4-5-11(12)9-16/h2-3,7-8,11-12H,4-6,9-10H2,1H3,(H,17,18). The van der Waals surface area contributed by atoms with Gasteiger partial charge in [-0.1, -0.05) is 34.5 Å². The van der Waals surface area contributed by atoms with E-state index in [1.54, 1.807) is 11.8 Å². The second kappa shape index (κ2) is 7.34. The highest BCUT2D eigenvalue weighted by Crippen LogP contribution is 2.32. The number of thioether (sulfide) groups is 1. The van der Waals surface area contributed by atoms with E-state index in [4.69, 9.17) is 0 Å². The number of alkyl halides is 1. The Hall–Kier alpha value is -0.480. The molecule has 1 aliphatic carbocycles. The second-order valence-electron chi connectivity index (χ2n) is 5.02. The van der Waals surface area contributed by atoms with E-state index in [2.05, 4.69) is 21.2 Å². The Labute approximate surface area is 127 Å². The molecule has 4 heteroatoms. The minimum absolute atomic E-state index is 0.0603. The van der Waals surface area contributed by atoms with Crippen LogP contribution in [0.2, 0.25) is 0 Å². The van der Waals surface area contributed by atoms with Gasteiger partial charge in [0.15, 0.2) is 0 Å². The molecule has 0 saturated heterocycles. The van der Waals surface area contributed by atoms with Crippen LogP contribution in [0.25, 0.3) is 0 Å². The lowest BCUT2D eigenvalue weighted by atomic mass is 9.98. The van der Waals surface area contributed by atoms with E-state index in [0.29, 0.717) is 5.92 Å². The van der Waals surface area contributed by atoms with Gasteiger partial charge in [-0.2, -0.15) is 0 Å². The first kappa shape index (κ1) is 14.9. The fourth-order valence-electron chi connectivity index (χ4n) is 2.74. The van der Waals surface area contributed by atoms with Crippen molar-refractivity contribution in [1.29, 1.82) is 0 Å². The van der Waals surface area contributed by atoms with Crippen molar-refractivity contribution in [2.24, 2.45) is 11.8 Å². The van der Waals surface area contributed by atoms with Gasteiger partial charge in [-0.3, -0.25) is 4.79 Å². The molecule has 2 atom stereocenters. The topological polar surface area (TPSA) is 29.1 Å². The van der Waals surface area contributed by atoms with Gasteiger partial charge in [0.05, 0.1) is 5.56 Å². The van der Waals surface area contributed by atoms with Gasteiger partial charge in [-0.05, 0) is 43.1 Å². The Balaban J connectivity index is 1.94. The van der Waals surface area contributed by atoms with Crippen LogP contribution in [-0.4, -0.2) is 24.0 Å². The molecule has 0 radical (unpaired) electrons. The third-order valence-electron chi connectivity index (χ3n) is 3.89. The maximum atomic E-state index is 12.2. The van der Waals surface area contributed by atoms with Gasteiger partial charge in [-0.25, -0.2) is 0 Å². The minimum Gasteiger partial charge on any atom is -0.352 e. The molecule has 1 aliphatic rings. The smallest absolute Gasteiger partial charge is 0.252 e. The van der Waals surface area contributed by atoms with Gasteiger partial charge in [0, 0.05) is 16.8 Å². The SMILES string of the molecule is CSc1ccccc1C(=O)NCC1CCCC1CBr. The lowest BCUT2D eigenvalue weighted by molar-refractivity contribution is 0.0942. The molecule has 0 aliphatic heterocycles. The number of benzene rings is 1. The van der Waals surface area contributed by atoms with Crippen LogP contribution < -0.4 is 5.32 Å². The summed E-state index contributed by atoms with van der Waals surface area (Å²) in [6, 6.07) is 7.79. The fourth-order valence-corrected chi connectivity index (χ4v) is 4.18. The molecule has 2 rings (SSSR count). The summed E-state index contributed by atoms with van der Waals surface area (Å²) in [5, 5.41) is 4.16. The molecule has 2 nitrogen and oxygen atoms in total. The highest BCUT2D eigenvalue weighted by Gasteiger charge is 2.26. The Morgan fingerprint density at radius 1 is 1.37 bits per heavy atom. The summed E-state index contributed by atoms with van der Waals surface area (Å²) in [5.41, 5.74) is 0.795. The van der Waals surface area contributed by atoms with Crippen LogP contribution in [0.1, 0.15) is 29.6 Å². The summed E-state index contributed by atoms with van der Waals surface area (Å²) < 4.78 is 0. The van der Waals surface area contributed by atoms with E-state index in [9.17, 15) is 4.79 Å². The number of amides is 1. The van der Waals surface area contributed by atoms with E-state index in [-0.39, 0.29) is 5.91 Å². The maximum Gasteiger partial charge on any atom is 0.252 e. The zero-order chi connectivity index (χ0) is 13.7. The largest absolute Gasteiger partial charge is 0.352 e. The first-order chi connectivity index (χ1) is 9.26. The summed E-state index contributed by atoms with van der Waals surface area (Å²) in [6.07, 6.45) is 5.82. The molecular formula is C15H20BrNOS. The quantitative estimate of drug-likeness (QED) is 0.648. The van der Waals surface area contributed by atoms with Crippen molar-refractivity contribution < 1.29 is 4.79 Å². The van der Waals surface area contributed by atoms with Crippen LogP contribution in [0.3, 0.4) is 0 Å². The molecule has 1 fully saturated rings. The number of nitrogens with one attached hydrogen (secondary N) is 1. The predicted octanol–water partition coefficient (Wildman–Crippen LogP) is 3.95. The monoisotopic (exact) mass is 341 g/mol. The molecule has 1 aromatic carbocycles. The Bertz CT molecular complexity index is 438. The summed E-state index contributed by atoms with van der Waals surface area (Å²) in [4.78, 5) is 13.3. The van der Waals surface area contributed by atoms with Crippen LogP contribution in [0.15, 0.2) is 29.2 Å². The number of hydrogen-bond acceptors (Lipinski definition) is 2. The second-order valence-corrected chi connectivity index (χ2v) is 6.51. The average Bonchev–Trinajstić information content (AvgIpc) is 2.92. The summed E-state index contributed by atoms with van der Waals surface area (Å²) in [7, 11) is 0. The summed E-state index contributed by atoms with van der Waals surface area (Å²) >= 11 is 5.19. The normalized spacial score (nSPS) is 22.4. The number of carbonyl (C=O) groups excluding carboxylic acids is 1. The first-order valence-corrected chi connectivity index (χ1v) is 9.08. The third-order valence-corrected chi connectivity index (χ3v) is 5.52. The van der Waals surface area contributed by atoms with Gasteiger partial charge in [0.2, 0.25) is 0 Å². The Morgan fingerprint density at radius 2 is 2.11 bits per heavy atom. The number of rotatable bonds is 5. The summed E-state index contributed by atoms with van der Waals surface area (Å²) in [6.45, 7) is 0.803. The number of hydrogen-bond donors (Lipinski definition) is 1. The molecule has 0 spiro atoms. The van der Waals surface area contributed by atoms with Crippen LogP contribution >= 0.6 is 27.7 Å². The first-order valence-electron chi connectivity index (χ1n) is 6.73. The average molecular weight is 342 g/mol. The molecule has 0 aromatic heterocycles.